The maximum Gasteiger partial charge on any atom is 0.266 e. The van der Waals surface area contributed by atoms with Crippen molar-refractivity contribution in [1.82, 2.24) is 15.3 Å². The summed E-state index contributed by atoms with van der Waals surface area (Å²) in [6.45, 7) is 1.10. The van der Waals surface area contributed by atoms with Crippen LogP contribution in [0.4, 0.5) is 17.6 Å². The molecule has 0 spiro atoms. The van der Waals surface area contributed by atoms with Gasteiger partial charge in [-0.25, -0.2) is 27.5 Å². The van der Waals surface area contributed by atoms with Gasteiger partial charge in [0.05, 0.1) is 30.8 Å². The van der Waals surface area contributed by atoms with Crippen LogP contribution in [0.15, 0.2) is 71.1 Å². The topological polar surface area (TPSA) is 141 Å². The number of carbonyl (C=O) groups excluding carboxylic acids is 2. The molecule has 2 heterocycles. The Morgan fingerprint density at radius 1 is 1.06 bits per heavy atom. The molecule has 0 bridgehead atoms. The lowest BCUT2D eigenvalue weighted by atomic mass is 9.87. The minimum absolute atomic E-state index is 0.0129. The third kappa shape index (κ3) is 6.45. The van der Waals surface area contributed by atoms with E-state index in [1.165, 1.54) is 6.07 Å². The van der Waals surface area contributed by atoms with Crippen molar-refractivity contribution in [1.29, 1.82) is 0 Å². The molecule has 5 aromatic rings. The number of nitrogens with zero attached hydrogens (tertiary/aromatic N) is 2. The monoisotopic (exact) mass is 662 g/mol. The lowest BCUT2D eigenvalue weighted by molar-refractivity contribution is -0.117. The Morgan fingerprint density at radius 3 is 2.48 bits per heavy atom. The van der Waals surface area contributed by atoms with Gasteiger partial charge in [0.25, 0.3) is 12.3 Å². The van der Waals surface area contributed by atoms with Gasteiger partial charge in [-0.2, -0.15) is 0 Å². The van der Waals surface area contributed by atoms with E-state index in [1.54, 1.807) is 55.5 Å². The number of aromatic nitrogens is 2. The molecule has 1 saturated carbocycles. The number of fused-ring (bicyclic) bond motifs is 1. The van der Waals surface area contributed by atoms with Crippen LogP contribution < -0.4 is 15.8 Å². The van der Waals surface area contributed by atoms with E-state index in [4.69, 9.17) is 14.9 Å². The van der Waals surface area contributed by atoms with Crippen molar-refractivity contribution in [2.45, 2.75) is 44.1 Å². The SMILES string of the molecule is CCOc1c(CC(N)=O)cc([C@@](O)(CNC(=O)c2ccc3nc(C4CC4)oc3c2)c2ccccc2)nc1-c1cc(C(F)F)c(F)cc1F. The van der Waals surface area contributed by atoms with Crippen molar-refractivity contribution in [2.24, 2.45) is 5.73 Å². The summed E-state index contributed by atoms with van der Waals surface area (Å²) in [6, 6.07) is 15.1. The highest BCUT2D eigenvalue weighted by atomic mass is 19.3. The van der Waals surface area contributed by atoms with Crippen LogP contribution in [0.5, 0.6) is 5.75 Å². The first-order valence-corrected chi connectivity index (χ1v) is 15.2. The highest BCUT2D eigenvalue weighted by Crippen LogP contribution is 2.41. The van der Waals surface area contributed by atoms with Crippen LogP contribution in [0.2, 0.25) is 0 Å². The Bertz CT molecular complexity index is 2020. The summed E-state index contributed by atoms with van der Waals surface area (Å²) in [7, 11) is 0. The lowest BCUT2D eigenvalue weighted by Crippen LogP contribution is -2.42. The quantitative estimate of drug-likeness (QED) is 0.138. The van der Waals surface area contributed by atoms with Crippen LogP contribution >= 0.6 is 0 Å². The zero-order valence-electron chi connectivity index (χ0n) is 25.6. The number of halogens is 4. The molecule has 1 atom stereocenters. The van der Waals surface area contributed by atoms with Crippen LogP contribution in [0.3, 0.4) is 0 Å². The Balaban J connectivity index is 1.46. The molecule has 0 radical (unpaired) electrons. The van der Waals surface area contributed by atoms with E-state index in [0.717, 1.165) is 12.8 Å². The molecular weight excluding hydrogens is 632 g/mol. The van der Waals surface area contributed by atoms with Crippen LogP contribution in [0, 0.1) is 11.6 Å². The number of pyridine rings is 1. The summed E-state index contributed by atoms with van der Waals surface area (Å²) in [5, 5.41) is 15.1. The van der Waals surface area contributed by atoms with Crippen molar-refractivity contribution in [3.8, 4) is 17.0 Å². The van der Waals surface area contributed by atoms with Gasteiger partial charge in [-0.15, -0.1) is 0 Å². The van der Waals surface area contributed by atoms with Gasteiger partial charge in [-0.3, -0.25) is 9.59 Å². The predicted molar refractivity (Wildman–Crippen MR) is 166 cm³/mol. The van der Waals surface area contributed by atoms with Gasteiger partial charge >= 0.3 is 0 Å². The van der Waals surface area contributed by atoms with Gasteiger partial charge in [0.15, 0.2) is 11.5 Å². The van der Waals surface area contributed by atoms with Gasteiger partial charge in [-0.05, 0) is 55.7 Å². The van der Waals surface area contributed by atoms with E-state index in [9.17, 15) is 27.9 Å². The molecule has 1 aliphatic rings. The van der Waals surface area contributed by atoms with E-state index in [-0.39, 0.29) is 46.4 Å². The molecule has 1 aliphatic carbocycles. The standard InChI is InChI=1S/C35H30F4N4O5/c1-2-47-31-20(14-29(40)44)13-28(43-30(31)22-15-23(32(38)39)25(37)16-24(22)36)35(46,21-6-4-3-5-7-21)17-41-33(45)19-10-11-26-27(12-19)48-34(42-26)18-8-9-18/h3-7,10-13,15-16,18,32,46H,2,8-9,14,17H2,1H3,(H2,40,44)(H,41,45)/t35-/m1/s1. The fourth-order valence-electron chi connectivity index (χ4n) is 5.47. The molecule has 248 valence electrons. The number of alkyl halides is 2. The Labute approximate surface area is 271 Å². The highest BCUT2D eigenvalue weighted by Gasteiger charge is 2.37. The number of aliphatic hydroxyl groups is 1. The van der Waals surface area contributed by atoms with Gasteiger partial charge in [0, 0.05) is 28.7 Å². The van der Waals surface area contributed by atoms with E-state index >= 15 is 4.39 Å². The molecule has 9 nitrogen and oxygen atoms in total. The summed E-state index contributed by atoms with van der Waals surface area (Å²) >= 11 is 0. The molecule has 0 aliphatic heterocycles. The van der Waals surface area contributed by atoms with Gasteiger partial charge in [0.1, 0.15) is 34.2 Å². The lowest BCUT2D eigenvalue weighted by Gasteiger charge is -2.30. The second-order valence-corrected chi connectivity index (χ2v) is 11.5. The van der Waals surface area contributed by atoms with Crippen LogP contribution in [-0.4, -0.2) is 40.0 Å². The maximum absolute atomic E-state index is 15.3. The third-order valence-corrected chi connectivity index (χ3v) is 8.05. The number of ether oxygens (including phenoxy) is 1. The number of rotatable bonds is 12. The molecule has 3 aromatic carbocycles. The molecule has 1 fully saturated rings. The minimum Gasteiger partial charge on any atom is -0.491 e. The van der Waals surface area contributed by atoms with Crippen molar-refractivity contribution in [3.05, 3.63) is 112 Å². The van der Waals surface area contributed by atoms with Crippen LogP contribution in [0.1, 0.15) is 70.7 Å². The summed E-state index contributed by atoms with van der Waals surface area (Å²) in [5.74, 6) is -3.39. The van der Waals surface area contributed by atoms with Crippen molar-refractivity contribution in [2.75, 3.05) is 13.2 Å². The first-order chi connectivity index (χ1) is 23.0. The fraction of sp³-hybridized carbons (Fsp3) is 0.257. The summed E-state index contributed by atoms with van der Waals surface area (Å²) in [5.41, 5.74) is 2.69. The van der Waals surface area contributed by atoms with Crippen molar-refractivity contribution < 1.29 is 41.4 Å². The summed E-state index contributed by atoms with van der Waals surface area (Å²) < 4.78 is 68.6. The number of primary amides is 1. The summed E-state index contributed by atoms with van der Waals surface area (Å²) in [4.78, 5) is 34.5. The molecule has 2 aromatic heterocycles. The fourth-order valence-corrected chi connectivity index (χ4v) is 5.47. The average molecular weight is 663 g/mol. The highest BCUT2D eigenvalue weighted by molar-refractivity contribution is 5.97. The molecule has 0 saturated heterocycles. The third-order valence-electron chi connectivity index (χ3n) is 8.05. The Morgan fingerprint density at radius 2 is 1.81 bits per heavy atom. The predicted octanol–water partition coefficient (Wildman–Crippen LogP) is 6.08. The van der Waals surface area contributed by atoms with Gasteiger partial charge in [-0.1, -0.05) is 30.3 Å². The number of carbonyl (C=O) groups is 2. The number of benzene rings is 3. The second-order valence-electron chi connectivity index (χ2n) is 11.5. The normalized spacial score (nSPS) is 14.2. The Hall–Kier alpha value is -5.30. The van der Waals surface area contributed by atoms with Gasteiger partial charge in [0.2, 0.25) is 5.91 Å². The average Bonchev–Trinajstić information content (AvgIpc) is 3.82. The number of amides is 2. The van der Waals surface area contributed by atoms with Crippen molar-refractivity contribution >= 4 is 22.9 Å². The maximum atomic E-state index is 15.3. The Kier molecular flexibility index (Phi) is 8.89. The molecule has 2 amide bonds. The molecule has 0 unspecified atom stereocenters. The molecular formula is C35H30F4N4O5. The molecule has 6 rings (SSSR count). The number of hydrogen-bond acceptors (Lipinski definition) is 7. The number of hydrogen-bond donors (Lipinski definition) is 3. The van der Waals surface area contributed by atoms with Crippen LogP contribution in [-0.2, 0) is 16.8 Å². The minimum atomic E-state index is -3.29. The second kappa shape index (κ2) is 13.1. The van der Waals surface area contributed by atoms with Crippen molar-refractivity contribution in [3.63, 3.8) is 0 Å². The number of nitrogens with two attached hydrogens (primary N) is 1. The number of nitrogens with one attached hydrogen (secondary N) is 1. The smallest absolute Gasteiger partial charge is 0.266 e. The molecule has 4 N–H and O–H groups in total. The van der Waals surface area contributed by atoms with Crippen LogP contribution in [0.25, 0.3) is 22.4 Å². The van der Waals surface area contributed by atoms with E-state index in [2.05, 4.69) is 15.3 Å². The van der Waals surface area contributed by atoms with E-state index < -0.39 is 59.6 Å². The summed E-state index contributed by atoms with van der Waals surface area (Å²) in [6.07, 6.45) is -1.79. The molecule has 48 heavy (non-hydrogen) atoms. The zero-order chi connectivity index (χ0) is 34.2. The zero-order valence-corrected chi connectivity index (χ0v) is 25.6. The number of oxazole rings is 1. The van der Waals surface area contributed by atoms with E-state index in [1.807, 2.05) is 0 Å². The first kappa shape index (κ1) is 32.6. The first-order valence-electron chi connectivity index (χ1n) is 15.2. The largest absolute Gasteiger partial charge is 0.491 e. The van der Waals surface area contributed by atoms with Gasteiger partial charge < -0.3 is 25.3 Å². The van der Waals surface area contributed by atoms with E-state index in [0.29, 0.717) is 29.1 Å². The molecule has 13 heteroatoms.